The molecule has 1 amide bonds. The number of carbonyl (C=O) groups is 1. The lowest BCUT2D eigenvalue weighted by molar-refractivity contribution is 0.0946. The third-order valence-corrected chi connectivity index (χ3v) is 8.07. The third kappa shape index (κ3) is 4.84. The molecule has 30 heavy (non-hydrogen) atoms. The Balaban J connectivity index is 1.80. The van der Waals surface area contributed by atoms with Crippen LogP contribution in [0.2, 0.25) is 0 Å². The summed E-state index contributed by atoms with van der Waals surface area (Å²) in [7, 11) is -8.09. The number of nitrogens with one attached hydrogen (secondary N) is 3. The minimum atomic E-state index is -4.18. The molecule has 2 aromatic carbocycles. The normalized spacial score (nSPS) is 11.8. The van der Waals surface area contributed by atoms with Gasteiger partial charge in [-0.05, 0) is 54.3 Å². The number of benzene rings is 2. The highest BCUT2D eigenvalue weighted by molar-refractivity contribution is 7.94. The molecule has 0 saturated heterocycles. The largest absolute Gasteiger partial charge is 0.278 e. The summed E-state index contributed by atoms with van der Waals surface area (Å²) in [6, 6.07) is 11.8. The lowest BCUT2D eigenvalue weighted by atomic mass is 10.2. The Morgan fingerprint density at radius 3 is 2.37 bits per heavy atom. The van der Waals surface area contributed by atoms with E-state index >= 15 is 0 Å². The quantitative estimate of drug-likeness (QED) is 0.459. The van der Waals surface area contributed by atoms with Gasteiger partial charge in [-0.25, -0.2) is 21.2 Å². The third-order valence-electron chi connectivity index (χ3n) is 3.90. The molecule has 8 nitrogen and oxygen atoms in total. The van der Waals surface area contributed by atoms with E-state index in [2.05, 4.69) is 4.72 Å². The number of anilines is 1. The number of para-hydroxylation sites is 1. The molecule has 0 aliphatic rings. The van der Waals surface area contributed by atoms with E-state index in [1.54, 1.807) is 11.4 Å². The number of sulfonamides is 2. The summed E-state index contributed by atoms with van der Waals surface area (Å²) in [5.74, 6) is -1.48. The van der Waals surface area contributed by atoms with Crippen molar-refractivity contribution in [3.05, 3.63) is 76.9 Å². The van der Waals surface area contributed by atoms with Gasteiger partial charge in [-0.1, -0.05) is 18.2 Å². The molecule has 0 atom stereocenters. The van der Waals surface area contributed by atoms with E-state index < -0.39 is 31.8 Å². The van der Waals surface area contributed by atoms with Crippen molar-refractivity contribution in [3.63, 3.8) is 0 Å². The van der Waals surface area contributed by atoms with E-state index in [-0.39, 0.29) is 25.9 Å². The Hall–Kier alpha value is -2.80. The van der Waals surface area contributed by atoms with E-state index in [1.807, 2.05) is 10.3 Å². The maximum Gasteiger partial charge on any atom is 0.271 e. The minimum Gasteiger partial charge on any atom is -0.278 e. The predicted octanol–water partition coefficient (Wildman–Crippen LogP) is 2.62. The molecule has 158 valence electrons. The van der Waals surface area contributed by atoms with Gasteiger partial charge in [-0.3, -0.25) is 14.9 Å². The summed E-state index contributed by atoms with van der Waals surface area (Å²) in [5, 5.41) is 1.60. The van der Waals surface area contributed by atoms with Gasteiger partial charge in [0.05, 0.1) is 16.1 Å². The average molecular weight is 470 g/mol. The van der Waals surface area contributed by atoms with Crippen LogP contribution in [0.1, 0.15) is 15.9 Å². The van der Waals surface area contributed by atoms with Crippen LogP contribution < -0.4 is 15.0 Å². The Morgan fingerprint density at radius 1 is 0.967 bits per heavy atom. The standard InChI is InChI=1S/C18H16FN3O5S3/c1-12-11-13(19)8-9-16(12)29(24,25)22-20-18(23)14-5-2-3-6-15(14)21-30(26,27)17-7-4-10-28-17/h2-11,21-22H,1H3,(H,20,23). The first-order valence-corrected chi connectivity index (χ1v) is 12.2. The van der Waals surface area contributed by atoms with E-state index in [9.17, 15) is 26.0 Å². The zero-order valence-corrected chi connectivity index (χ0v) is 17.9. The fraction of sp³-hybridized carbons (Fsp3) is 0.0556. The molecule has 0 saturated carbocycles. The first kappa shape index (κ1) is 21.9. The van der Waals surface area contributed by atoms with Crippen LogP contribution in [0, 0.1) is 12.7 Å². The zero-order chi connectivity index (χ0) is 21.9. The van der Waals surface area contributed by atoms with Gasteiger partial charge < -0.3 is 0 Å². The van der Waals surface area contributed by atoms with E-state index in [1.165, 1.54) is 37.3 Å². The van der Waals surface area contributed by atoms with Crippen molar-refractivity contribution in [1.82, 2.24) is 10.3 Å². The lowest BCUT2D eigenvalue weighted by Crippen LogP contribution is -2.42. The second kappa shape index (κ2) is 8.52. The SMILES string of the molecule is Cc1cc(F)ccc1S(=O)(=O)NNC(=O)c1ccccc1NS(=O)(=O)c1cccs1. The van der Waals surface area contributed by atoms with Gasteiger partial charge >= 0.3 is 0 Å². The van der Waals surface area contributed by atoms with Crippen molar-refractivity contribution in [2.75, 3.05) is 4.72 Å². The molecule has 0 bridgehead atoms. The first-order chi connectivity index (χ1) is 14.1. The fourth-order valence-electron chi connectivity index (χ4n) is 2.53. The van der Waals surface area contributed by atoms with Gasteiger partial charge in [-0.15, -0.1) is 16.2 Å². The molecule has 3 rings (SSSR count). The van der Waals surface area contributed by atoms with Crippen LogP contribution in [-0.2, 0) is 20.0 Å². The van der Waals surface area contributed by atoms with Gasteiger partial charge in [-0.2, -0.15) is 0 Å². The van der Waals surface area contributed by atoms with Crippen LogP contribution in [0.15, 0.2) is 69.1 Å². The summed E-state index contributed by atoms with van der Waals surface area (Å²) in [6.45, 7) is 1.41. The van der Waals surface area contributed by atoms with Gasteiger partial charge in [0.25, 0.3) is 26.0 Å². The van der Waals surface area contributed by atoms with Crippen molar-refractivity contribution in [1.29, 1.82) is 0 Å². The second-order valence-electron chi connectivity index (χ2n) is 6.05. The number of halogens is 1. The summed E-state index contributed by atoms with van der Waals surface area (Å²) in [4.78, 5) is 14.2. The number of hydrogen-bond acceptors (Lipinski definition) is 6. The minimum absolute atomic E-state index is 0.0273. The molecule has 0 aliphatic carbocycles. The Labute approximate surface area is 176 Å². The Morgan fingerprint density at radius 2 is 1.70 bits per heavy atom. The number of amides is 1. The summed E-state index contributed by atoms with van der Waals surface area (Å²) in [6.07, 6.45) is 0. The van der Waals surface area contributed by atoms with Crippen molar-refractivity contribution >= 4 is 43.0 Å². The zero-order valence-electron chi connectivity index (χ0n) is 15.4. The number of aryl methyl sites for hydroxylation is 1. The van der Waals surface area contributed by atoms with Crippen molar-refractivity contribution in [2.45, 2.75) is 16.0 Å². The summed E-state index contributed by atoms with van der Waals surface area (Å²) < 4.78 is 65.3. The van der Waals surface area contributed by atoms with Crippen LogP contribution in [0.5, 0.6) is 0 Å². The molecule has 0 aliphatic heterocycles. The predicted molar refractivity (Wildman–Crippen MR) is 110 cm³/mol. The van der Waals surface area contributed by atoms with Gasteiger partial charge in [0.1, 0.15) is 10.0 Å². The van der Waals surface area contributed by atoms with Crippen LogP contribution in [0.25, 0.3) is 0 Å². The lowest BCUT2D eigenvalue weighted by Gasteiger charge is -2.13. The maximum absolute atomic E-state index is 13.2. The van der Waals surface area contributed by atoms with E-state index in [0.29, 0.717) is 0 Å². The van der Waals surface area contributed by atoms with Gasteiger partial charge in [0, 0.05) is 0 Å². The molecule has 1 heterocycles. The van der Waals surface area contributed by atoms with Crippen LogP contribution >= 0.6 is 11.3 Å². The van der Waals surface area contributed by atoms with Crippen LogP contribution in [0.4, 0.5) is 10.1 Å². The summed E-state index contributed by atoms with van der Waals surface area (Å²) >= 11 is 1.01. The highest BCUT2D eigenvalue weighted by atomic mass is 32.2. The van der Waals surface area contributed by atoms with Crippen molar-refractivity contribution < 1.29 is 26.0 Å². The number of rotatable bonds is 7. The van der Waals surface area contributed by atoms with E-state index in [0.717, 1.165) is 29.5 Å². The van der Waals surface area contributed by atoms with E-state index in [4.69, 9.17) is 0 Å². The summed E-state index contributed by atoms with van der Waals surface area (Å²) in [5.41, 5.74) is 2.06. The van der Waals surface area contributed by atoms with Gasteiger partial charge in [0.15, 0.2) is 0 Å². The Bertz CT molecular complexity index is 1290. The number of carbonyl (C=O) groups excluding carboxylic acids is 1. The molecule has 12 heteroatoms. The number of hydrogen-bond donors (Lipinski definition) is 3. The highest BCUT2D eigenvalue weighted by Gasteiger charge is 2.22. The van der Waals surface area contributed by atoms with Crippen LogP contribution in [0.3, 0.4) is 0 Å². The first-order valence-electron chi connectivity index (χ1n) is 8.34. The monoisotopic (exact) mass is 469 g/mol. The van der Waals surface area contributed by atoms with Crippen molar-refractivity contribution in [3.8, 4) is 0 Å². The fourth-order valence-corrected chi connectivity index (χ4v) is 5.67. The molecule has 3 N–H and O–H groups in total. The average Bonchev–Trinajstić information content (AvgIpc) is 3.22. The molecule has 0 fully saturated rings. The number of hydrazine groups is 1. The highest BCUT2D eigenvalue weighted by Crippen LogP contribution is 2.23. The van der Waals surface area contributed by atoms with Crippen molar-refractivity contribution in [2.24, 2.45) is 0 Å². The molecular formula is C18H16FN3O5S3. The molecule has 3 aromatic rings. The molecular weight excluding hydrogens is 453 g/mol. The topological polar surface area (TPSA) is 121 Å². The smallest absolute Gasteiger partial charge is 0.271 e. The molecule has 0 radical (unpaired) electrons. The maximum atomic E-state index is 13.2. The molecule has 0 spiro atoms. The molecule has 0 unspecified atom stereocenters. The van der Waals surface area contributed by atoms with Gasteiger partial charge in [0.2, 0.25) is 0 Å². The number of thiophene rings is 1. The second-order valence-corrected chi connectivity index (χ2v) is 10.6. The Kier molecular flexibility index (Phi) is 6.22. The van der Waals surface area contributed by atoms with Crippen LogP contribution in [-0.4, -0.2) is 22.7 Å². The molecule has 1 aromatic heterocycles.